The molecule has 1 aliphatic rings. The number of nitrogens with zero attached hydrogens (tertiary/aromatic N) is 1. The number of hydrogen-bond acceptors (Lipinski definition) is 2. The number of para-hydroxylation sites is 1. The van der Waals surface area contributed by atoms with E-state index in [1.54, 1.807) is 0 Å². The molecule has 2 aromatic rings. The zero-order valence-electron chi connectivity index (χ0n) is 12.9. The molecular weight excluding hydrogens is 272 g/mol. The lowest BCUT2D eigenvalue weighted by Gasteiger charge is -2.21. The van der Waals surface area contributed by atoms with Crippen molar-refractivity contribution in [3.8, 4) is 0 Å². The molecule has 1 fully saturated rings. The maximum absolute atomic E-state index is 12.6. The van der Waals surface area contributed by atoms with Crippen molar-refractivity contribution < 1.29 is 4.79 Å². The lowest BCUT2D eigenvalue weighted by Crippen LogP contribution is -2.39. The van der Waals surface area contributed by atoms with Gasteiger partial charge in [-0.2, -0.15) is 0 Å². The Hall–Kier alpha value is -2.13. The summed E-state index contributed by atoms with van der Waals surface area (Å²) >= 11 is 0. The van der Waals surface area contributed by atoms with Gasteiger partial charge in [0.15, 0.2) is 0 Å². The van der Waals surface area contributed by atoms with E-state index in [1.165, 1.54) is 5.56 Å². The molecule has 1 aliphatic heterocycles. The fourth-order valence-corrected chi connectivity index (χ4v) is 3.11. The maximum atomic E-state index is 12.6. The summed E-state index contributed by atoms with van der Waals surface area (Å²) in [6, 6.07) is 20.5. The second kappa shape index (κ2) is 6.75. The molecule has 3 heteroatoms. The minimum Gasteiger partial charge on any atom is -0.308 e. The van der Waals surface area contributed by atoms with Crippen molar-refractivity contribution in [2.24, 2.45) is 0 Å². The quantitative estimate of drug-likeness (QED) is 0.919. The molecule has 22 heavy (non-hydrogen) atoms. The summed E-state index contributed by atoms with van der Waals surface area (Å²) in [4.78, 5) is 14.5. The third kappa shape index (κ3) is 3.20. The average molecular weight is 294 g/mol. The van der Waals surface area contributed by atoms with Crippen LogP contribution in [-0.4, -0.2) is 24.5 Å². The zero-order valence-corrected chi connectivity index (χ0v) is 12.9. The molecule has 1 heterocycles. The second-order valence-electron chi connectivity index (χ2n) is 5.87. The highest BCUT2D eigenvalue weighted by Crippen LogP contribution is 2.26. The van der Waals surface area contributed by atoms with Crippen molar-refractivity contribution in [1.82, 2.24) is 5.32 Å². The smallest absolute Gasteiger partial charge is 0.244 e. The normalized spacial score (nSPS) is 21.3. The van der Waals surface area contributed by atoms with E-state index in [9.17, 15) is 4.79 Å². The Morgan fingerprint density at radius 1 is 1.05 bits per heavy atom. The lowest BCUT2D eigenvalue weighted by molar-refractivity contribution is -0.118. The first-order valence-corrected chi connectivity index (χ1v) is 7.91. The van der Waals surface area contributed by atoms with E-state index >= 15 is 0 Å². The summed E-state index contributed by atoms with van der Waals surface area (Å²) in [6.07, 6.45) is 1.81. The van der Waals surface area contributed by atoms with E-state index in [4.69, 9.17) is 0 Å². The SMILES string of the molecule is CC1CC(NCCc2ccccc2)C(=O)N1c1ccccc1. The first-order valence-electron chi connectivity index (χ1n) is 7.91. The average Bonchev–Trinajstić information content (AvgIpc) is 2.83. The van der Waals surface area contributed by atoms with Crippen molar-refractivity contribution in [2.45, 2.75) is 31.8 Å². The fraction of sp³-hybridized carbons (Fsp3) is 0.316. The van der Waals surface area contributed by atoms with Crippen molar-refractivity contribution >= 4 is 11.6 Å². The van der Waals surface area contributed by atoms with Gasteiger partial charge in [0, 0.05) is 11.7 Å². The molecule has 3 nitrogen and oxygen atoms in total. The van der Waals surface area contributed by atoms with Crippen LogP contribution in [-0.2, 0) is 11.2 Å². The molecule has 0 radical (unpaired) electrons. The Balaban J connectivity index is 1.58. The van der Waals surface area contributed by atoms with Crippen LogP contribution >= 0.6 is 0 Å². The number of anilines is 1. The van der Waals surface area contributed by atoms with E-state index in [0.29, 0.717) is 0 Å². The van der Waals surface area contributed by atoms with Gasteiger partial charge in [0.2, 0.25) is 5.91 Å². The van der Waals surface area contributed by atoms with Gasteiger partial charge in [-0.3, -0.25) is 4.79 Å². The molecule has 0 bridgehead atoms. The van der Waals surface area contributed by atoms with Crippen molar-refractivity contribution in [2.75, 3.05) is 11.4 Å². The van der Waals surface area contributed by atoms with Crippen LogP contribution < -0.4 is 10.2 Å². The van der Waals surface area contributed by atoms with Gasteiger partial charge < -0.3 is 10.2 Å². The van der Waals surface area contributed by atoms with E-state index in [-0.39, 0.29) is 18.0 Å². The van der Waals surface area contributed by atoms with Crippen LogP contribution in [0.25, 0.3) is 0 Å². The molecule has 0 aromatic heterocycles. The first-order chi connectivity index (χ1) is 10.8. The molecule has 114 valence electrons. The Morgan fingerprint density at radius 2 is 1.68 bits per heavy atom. The van der Waals surface area contributed by atoms with Gasteiger partial charge in [0.05, 0.1) is 6.04 Å². The lowest BCUT2D eigenvalue weighted by atomic mass is 10.1. The Kier molecular flexibility index (Phi) is 4.54. The maximum Gasteiger partial charge on any atom is 0.244 e. The van der Waals surface area contributed by atoms with Gasteiger partial charge in [0.25, 0.3) is 0 Å². The van der Waals surface area contributed by atoms with Gasteiger partial charge in [-0.15, -0.1) is 0 Å². The van der Waals surface area contributed by atoms with E-state index < -0.39 is 0 Å². The largest absolute Gasteiger partial charge is 0.308 e. The first kappa shape index (κ1) is 14.8. The molecule has 0 spiro atoms. The van der Waals surface area contributed by atoms with Crippen LogP contribution in [0.5, 0.6) is 0 Å². The van der Waals surface area contributed by atoms with E-state index in [2.05, 4.69) is 36.5 Å². The number of benzene rings is 2. The van der Waals surface area contributed by atoms with Crippen LogP contribution in [0.4, 0.5) is 5.69 Å². The van der Waals surface area contributed by atoms with Crippen LogP contribution in [0.15, 0.2) is 60.7 Å². The predicted octanol–water partition coefficient (Wildman–Crippen LogP) is 3.01. The predicted molar refractivity (Wildman–Crippen MR) is 89.9 cm³/mol. The van der Waals surface area contributed by atoms with Gasteiger partial charge in [-0.1, -0.05) is 48.5 Å². The Morgan fingerprint density at radius 3 is 2.36 bits per heavy atom. The monoisotopic (exact) mass is 294 g/mol. The number of hydrogen-bond donors (Lipinski definition) is 1. The van der Waals surface area contributed by atoms with Gasteiger partial charge in [-0.05, 0) is 44.0 Å². The van der Waals surface area contributed by atoms with Gasteiger partial charge >= 0.3 is 0 Å². The van der Waals surface area contributed by atoms with Crippen molar-refractivity contribution in [3.05, 3.63) is 66.2 Å². The molecule has 2 aromatic carbocycles. The summed E-state index contributed by atoms with van der Waals surface area (Å²) in [5, 5.41) is 3.42. The summed E-state index contributed by atoms with van der Waals surface area (Å²) in [5.41, 5.74) is 2.29. The summed E-state index contributed by atoms with van der Waals surface area (Å²) < 4.78 is 0. The molecule has 2 atom stereocenters. The summed E-state index contributed by atoms with van der Waals surface area (Å²) in [6.45, 7) is 2.94. The molecular formula is C19H22N2O. The zero-order chi connectivity index (χ0) is 15.4. The molecule has 0 aliphatic carbocycles. The van der Waals surface area contributed by atoms with E-state index in [1.807, 2.05) is 41.3 Å². The third-order valence-electron chi connectivity index (χ3n) is 4.23. The number of carbonyl (C=O) groups excluding carboxylic acids is 1. The summed E-state index contributed by atoms with van der Waals surface area (Å²) in [5.74, 6) is 0.187. The number of nitrogens with one attached hydrogen (secondary N) is 1. The minimum absolute atomic E-state index is 0.0704. The molecule has 0 saturated carbocycles. The summed E-state index contributed by atoms with van der Waals surface area (Å²) in [7, 11) is 0. The topological polar surface area (TPSA) is 32.3 Å². The van der Waals surface area contributed by atoms with Crippen LogP contribution in [0.2, 0.25) is 0 Å². The van der Waals surface area contributed by atoms with Crippen LogP contribution in [0.3, 0.4) is 0 Å². The third-order valence-corrected chi connectivity index (χ3v) is 4.23. The highest BCUT2D eigenvalue weighted by atomic mass is 16.2. The standard InChI is InChI=1S/C19H22N2O/c1-15-14-18(20-13-12-16-8-4-2-5-9-16)19(22)21(15)17-10-6-3-7-11-17/h2-11,15,18,20H,12-14H2,1H3. The van der Waals surface area contributed by atoms with Gasteiger partial charge in [-0.25, -0.2) is 0 Å². The molecule has 1 saturated heterocycles. The highest BCUT2D eigenvalue weighted by molar-refractivity contribution is 6.00. The molecule has 2 unspecified atom stereocenters. The fourth-order valence-electron chi connectivity index (χ4n) is 3.11. The second-order valence-corrected chi connectivity index (χ2v) is 5.87. The molecule has 1 N–H and O–H groups in total. The van der Waals surface area contributed by atoms with Crippen molar-refractivity contribution in [3.63, 3.8) is 0 Å². The Labute approximate surface area is 132 Å². The van der Waals surface area contributed by atoms with Crippen LogP contribution in [0, 0.1) is 0 Å². The minimum atomic E-state index is -0.0704. The van der Waals surface area contributed by atoms with Gasteiger partial charge in [0.1, 0.15) is 0 Å². The highest BCUT2D eigenvalue weighted by Gasteiger charge is 2.37. The van der Waals surface area contributed by atoms with Crippen molar-refractivity contribution in [1.29, 1.82) is 0 Å². The van der Waals surface area contributed by atoms with Crippen LogP contribution in [0.1, 0.15) is 18.9 Å². The molecule has 3 rings (SSSR count). The number of carbonyl (C=O) groups is 1. The number of rotatable bonds is 5. The number of amides is 1. The molecule has 1 amide bonds. The van der Waals surface area contributed by atoms with E-state index in [0.717, 1.165) is 25.1 Å². The Bertz CT molecular complexity index is 612.